The van der Waals surface area contributed by atoms with Crippen molar-refractivity contribution in [3.05, 3.63) is 69.1 Å². The van der Waals surface area contributed by atoms with E-state index in [0.717, 1.165) is 17.7 Å². The largest absolute Gasteiger partial charge is 0.365 e. The lowest BCUT2D eigenvalue weighted by atomic mass is 9.95. The fraction of sp³-hybridized carbons (Fsp3) is 0.435. The fourth-order valence-electron chi connectivity index (χ4n) is 3.94. The van der Waals surface area contributed by atoms with Crippen LogP contribution in [0.1, 0.15) is 40.9 Å². The first-order chi connectivity index (χ1) is 14.3. The molecule has 30 heavy (non-hydrogen) atoms. The first kappa shape index (κ1) is 21.8. The standard InChI is InChI=1S/C23H30N4O3/c1-4-25(3)16(2)22(29)26-13-11-19-18(14-26)15-27(23(30)20(19)21(24)28)12-10-17-8-6-5-7-9-17/h5-9,15-16H,4,10-14H2,1-3H3,(H2,24,28). The van der Waals surface area contributed by atoms with Crippen molar-refractivity contribution in [2.75, 3.05) is 20.1 Å². The average molecular weight is 411 g/mol. The average Bonchev–Trinajstić information content (AvgIpc) is 2.76. The Morgan fingerprint density at radius 3 is 2.57 bits per heavy atom. The minimum Gasteiger partial charge on any atom is -0.365 e. The Morgan fingerprint density at radius 1 is 1.23 bits per heavy atom. The number of amides is 2. The van der Waals surface area contributed by atoms with Crippen LogP contribution >= 0.6 is 0 Å². The van der Waals surface area contributed by atoms with Crippen LogP contribution in [-0.4, -0.2) is 52.4 Å². The number of primary amides is 1. The van der Waals surface area contributed by atoms with E-state index < -0.39 is 5.91 Å². The van der Waals surface area contributed by atoms with Gasteiger partial charge in [-0.15, -0.1) is 0 Å². The Balaban J connectivity index is 1.90. The second-order valence-electron chi connectivity index (χ2n) is 7.87. The lowest BCUT2D eigenvalue weighted by molar-refractivity contribution is -0.136. The summed E-state index contributed by atoms with van der Waals surface area (Å²) >= 11 is 0. The molecule has 0 bridgehead atoms. The maximum atomic E-state index is 12.9. The molecule has 2 N–H and O–H groups in total. The van der Waals surface area contributed by atoms with Crippen molar-refractivity contribution in [1.82, 2.24) is 14.4 Å². The lowest BCUT2D eigenvalue weighted by Gasteiger charge is -2.34. The molecule has 1 unspecified atom stereocenters. The maximum Gasteiger partial charge on any atom is 0.263 e. The van der Waals surface area contributed by atoms with Crippen LogP contribution in [0.4, 0.5) is 0 Å². The molecule has 2 amide bonds. The Labute approximate surface area is 177 Å². The van der Waals surface area contributed by atoms with E-state index >= 15 is 0 Å². The van der Waals surface area contributed by atoms with Crippen LogP contribution in [0.2, 0.25) is 0 Å². The van der Waals surface area contributed by atoms with Gasteiger partial charge < -0.3 is 15.2 Å². The molecule has 1 aliphatic rings. The number of rotatable bonds is 7. The maximum absolute atomic E-state index is 12.9. The summed E-state index contributed by atoms with van der Waals surface area (Å²) < 4.78 is 1.56. The molecule has 0 radical (unpaired) electrons. The molecule has 0 saturated heterocycles. The Hall–Kier alpha value is -2.93. The van der Waals surface area contributed by atoms with Gasteiger partial charge in [-0.1, -0.05) is 37.3 Å². The van der Waals surface area contributed by atoms with Crippen LogP contribution in [0, 0.1) is 0 Å². The highest BCUT2D eigenvalue weighted by molar-refractivity contribution is 5.94. The van der Waals surface area contributed by atoms with Gasteiger partial charge in [0.05, 0.1) is 6.04 Å². The number of likely N-dealkylation sites (N-methyl/N-ethyl adjacent to an activating group) is 1. The Kier molecular flexibility index (Phi) is 6.72. The van der Waals surface area contributed by atoms with Crippen LogP contribution in [0.15, 0.2) is 41.3 Å². The van der Waals surface area contributed by atoms with Crippen molar-refractivity contribution < 1.29 is 9.59 Å². The molecule has 160 valence electrons. The van der Waals surface area contributed by atoms with Gasteiger partial charge in [-0.2, -0.15) is 0 Å². The topological polar surface area (TPSA) is 88.6 Å². The van der Waals surface area contributed by atoms with E-state index in [0.29, 0.717) is 38.0 Å². The Bertz CT molecular complexity index is 984. The van der Waals surface area contributed by atoms with Crippen LogP contribution in [-0.2, 0) is 30.7 Å². The molecule has 7 nitrogen and oxygen atoms in total. The fourth-order valence-corrected chi connectivity index (χ4v) is 3.94. The smallest absolute Gasteiger partial charge is 0.263 e. The van der Waals surface area contributed by atoms with Gasteiger partial charge in [-0.3, -0.25) is 19.3 Å². The second-order valence-corrected chi connectivity index (χ2v) is 7.87. The van der Waals surface area contributed by atoms with E-state index in [1.807, 2.05) is 56.1 Å². The number of hydrogen-bond donors (Lipinski definition) is 1. The number of pyridine rings is 1. The van der Waals surface area contributed by atoms with Gasteiger partial charge in [-0.05, 0) is 50.0 Å². The Morgan fingerprint density at radius 2 is 1.93 bits per heavy atom. The molecule has 0 spiro atoms. The van der Waals surface area contributed by atoms with E-state index in [4.69, 9.17) is 5.73 Å². The number of hydrogen-bond acceptors (Lipinski definition) is 4. The highest BCUT2D eigenvalue weighted by Gasteiger charge is 2.30. The number of nitrogens with two attached hydrogens (primary N) is 1. The predicted octanol–water partition coefficient (Wildman–Crippen LogP) is 1.41. The summed E-state index contributed by atoms with van der Waals surface area (Å²) in [6.45, 7) is 5.99. The van der Waals surface area contributed by atoms with Gasteiger partial charge >= 0.3 is 0 Å². The molecule has 0 aliphatic carbocycles. The molecular weight excluding hydrogens is 380 g/mol. The molecule has 1 aromatic heterocycles. The van der Waals surface area contributed by atoms with Gasteiger partial charge in [0.1, 0.15) is 5.56 Å². The van der Waals surface area contributed by atoms with Crippen molar-refractivity contribution in [2.24, 2.45) is 5.73 Å². The summed E-state index contributed by atoms with van der Waals surface area (Å²) in [7, 11) is 1.92. The van der Waals surface area contributed by atoms with Crippen LogP contribution in [0.25, 0.3) is 0 Å². The molecule has 2 aromatic rings. The minimum atomic E-state index is -0.704. The van der Waals surface area contributed by atoms with Crippen molar-refractivity contribution in [3.8, 4) is 0 Å². The highest BCUT2D eigenvalue weighted by Crippen LogP contribution is 2.22. The third kappa shape index (κ3) is 4.46. The van der Waals surface area contributed by atoms with E-state index in [-0.39, 0.29) is 23.1 Å². The van der Waals surface area contributed by atoms with Crippen molar-refractivity contribution in [2.45, 2.75) is 45.8 Å². The molecule has 1 atom stereocenters. The molecule has 1 aromatic carbocycles. The first-order valence-corrected chi connectivity index (χ1v) is 10.4. The summed E-state index contributed by atoms with van der Waals surface area (Å²) in [5, 5.41) is 0. The molecule has 2 heterocycles. The summed E-state index contributed by atoms with van der Waals surface area (Å²) in [5.41, 5.74) is 7.90. The number of fused-ring (bicyclic) bond motifs is 1. The quantitative estimate of drug-likeness (QED) is 0.748. The van der Waals surface area contributed by atoms with Gasteiger partial charge in [0.2, 0.25) is 5.91 Å². The lowest BCUT2D eigenvalue weighted by Crippen LogP contribution is -2.48. The summed E-state index contributed by atoms with van der Waals surface area (Å²) in [4.78, 5) is 41.7. The van der Waals surface area contributed by atoms with Crippen LogP contribution < -0.4 is 11.3 Å². The first-order valence-electron chi connectivity index (χ1n) is 10.4. The zero-order valence-corrected chi connectivity index (χ0v) is 17.9. The third-order valence-corrected chi connectivity index (χ3v) is 6.03. The van der Waals surface area contributed by atoms with Crippen molar-refractivity contribution in [3.63, 3.8) is 0 Å². The number of carbonyl (C=O) groups is 2. The zero-order chi connectivity index (χ0) is 21.8. The van der Waals surface area contributed by atoms with Gasteiger partial charge in [-0.25, -0.2) is 0 Å². The molecule has 3 rings (SSSR count). The van der Waals surface area contributed by atoms with Gasteiger partial charge in [0.15, 0.2) is 0 Å². The SMILES string of the molecule is CCN(C)C(C)C(=O)N1CCc2c(cn(CCc3ccccc3)c(=O)c2C(N)=O)C1. The number of aryl methyl sites for hydroxylation is 2. The summed E-state index contributed by atoms with van der Waals surface area (Å²) in [6, 6.07) is 9.64. The normalized spacial score (nSPS) is 14.5. The number of aromatic nitrogens is 1. The molecule has 0 saturated carbocycles. The number of carbonyl (C=O) groups excluding carboxylic acids is 2. The minimum absolute atomic E-state index is 0.0488. The van der Waals surface area contributed by atoms with Gasteiger partial charge in [0.25, 0.3) is 11.5 Å². The van der Waals surface area contributed by atoms with E-state index in [1.54, 1.807) is 15.7 Å². The molecule has 1 aliphatic heterocycles. The van der Waals surface area contributed by atoms with E-state index in [2.05, 4.69) is 0 Å². The monoisotopic (exact) mass is 410 g/mol. The molecule has 7 heteroatoms. The van der Waals surface area contributed by atoms with Crippen LogP contribution in [0.3, 0.4) is 0 Å². The van der Waals surface area contributed by atoms with Crippen LogP contribution in [0.5, 0.6) is 0 Å². The second kappa shape index (κ2) is 9.26. The number of nitrogens with zero attached hydrogens (tertiary/aromatic N) is 3. The molecular formula is C23H30N4O3. The van der Waals surface area contributed by atoms with E-state index in [9.17, 15) is 14.4 Å². The third-order valence-electron chi connectivity index (χ3n) is 6.03. The highest BCUT2D eigenvalue weighted by atomic mass is 16.2. The van der Waals surface area contributed by atoms with Gasteiger partial charge in [0, 0.05) is 25.8 Å². The summed E-state index contributed by atoms with van der Waals surface area (Å²) in [6.07, 6.45) is 2.91. The number of benzene rings is 1. The zero-order valence-electron chi connectivity index (χ0n) is 17.9. The van der Waals surface area contributed by atoms with Crippen molar-refractivity contribution in [1.29, 1.82) is 0 Å². The van der Waals surface area contributed by atoms with E-state index in [1.165, 1.54) is 0 Å². The molecule has 0 fully saturated rings. The van der Waals surface area contributed by atoms with Crippen molar-refractivity contribution >= 4 is 11.8 Å². The predicted molar refractivity (Wildman–Crippen MR) is 116 cm³/mol. The summed E-state index contributed by atoms with van der Waals surface area (Å²) in [5.74, 6) is -0.656.